The maximum Gasteiger partial charge on any atom is 0.225 e. The molecular weight excluding hydrogens is 378 g/mol. The Kier molecular flexibility index (Phi) is 5.97. The van der Waals surface area contributed by atoms with E-state index in [2.05, 4.69) is 34.8 Å². The van der Waals surface area contributed by atoms with Crippen molar-refractivity contribution in [1.29, 1.82) is 0 Å². The maximum absolute atomic E-state index is 12.8. The summed E-state index contributed by atoms with van der Waals surface area (Å²) < 4.78 is 5.36. The van der Waals surface area contributed by atoms with Gasteiger partial charge in [0.2, 0.25) is 5.91 Å². The van der Waals surface area contributed by atoms with Crippen molar-refractivity contribution >= 4 is 22.8 Å². The van der Waals surface area contributed by atoms with Crippen LogP contribution in [0.2, 0.25) is 0 Å². The average molecular weight is 408 g/mol. The van der Waals surface area contributed by atoms with E-state index in [-0.39, 0.29) is 11.8 Å². The molecular formula is C23H29N5O2. The highest BCUT2D eigenvalue weighted by Gasteiger charge is 2.28. The predicted octanol–water partition coefficient (Wildman–Crippen LogP) is 3.62. The summed E-state index contributed by atoms with van der Waals surface area (Å²) >= 11 is 0. The number of aromatic nitrogens is 3. The minimum Gasteiger partial charge on any atom is -0.467 e. The number of carbonyl (C=O) groups excluding carboxylic acids is 1. The van der Waals surface area contributed by atoms with Crippen molar-refractivity contribution in [2.45, 2.75) is 46.1 Å². The number of furan rings is 1. The second kappa shape index (κ2) is 8.81. The highest BCUT2D eigenvalue weighted by molar-refractivity contribution is 5.79. The first kappa shape index (κ1) is 20.3. The molecule has 0 N–H and O–H groups in total. The Balaban J connectivity index is 1.42. The molecule has 30 heavy (non-hydrogen) atoms. The van der Waals surface area contributed by atoms with Crippen LogP contribution in [0.15, 0.2) is 35.1 Å². The summed E-state index contributed by atoms with van der Waals surface area (Å²) in [5.74, 6) is 1.05. The van der Waals surface area contributed by atoms with Crippen LogP contribution in [-0.4, -0.2) is 45.9 Å². The zero-order chi connectivity index (χ0) is 21.1. The monoisotopic (exact) mass is 407 g/mol. The maximum atomic E-state index is 12.8. The summed E-state index contributed by atoms with van der Waals surface area (Å²) in [5.41, 5.74) is 4.68. The fourth-order valence-electron chi connectivity index (χ4n) is 4.16. The van der Waals surface area contributed by atoms with Crippen LogP contribution in [-0.2, 0) is 24.2 Å². The molecule has 0 aliphatic carbocycles. The molecule has 158 valence electrons. The molecule has 1 aliphatic heterocycles. The first-order chi connectivity index (χ1) is 14.6. The van der Waals surface area contributed by atoms with Crippen LogP contribution >= 0.6 is 0 Å². The minimum atomic E-state index is 0.0493. The molecule has 3 aromatic heterocycles. The Morgan fingerprint density at radius 2 is 1.93 bits per heavy atom. The van der Waals surface area contributed by atoms with Gasteiger partial charge in [-0.15, -0.1) is 0 Å². The van der Waals surface area contributed by atoms with Gasteiger partial charge in [0.15, 0.2) is 5.65 Å². The average Bonchev–Trinajstić information content (AvgIpc) is 3.30. The first-order valence-corrected chi connectivity index (χ1v) is 10.8. The van der Waals surface area contributed by atoms with Crippen molar-refractivity contribution in [1.82, 2.24) is 19.9 Å². The van der Waals surface area contributed by atoms with Crippen LogP contribution in [0.5, 0.6) is 0 Å². The lowest BCUT2D eigenvalue weighted by Crippen LogP contribution is -2.41. The number of amides is 1. The molecule has 4 heterocycles. The summed E-state index contributed by atoms with van der Waals surface area (Å²) in [7, 11) is 1.85. The highest BCUT2D eigenvalue weighted by Crippen LogP contribution is 2.26. The van der Waals surface area contributed by atoms with E-state index in [9.17, 15) is 4.79 Å². The summed E-state index contributed by atoms with van der Waals surface area (Å²) in [5, 5.41) is 0. The molecule has 1 aliphatic rings. The van der Waals surface area contributed by atoms with E-state index in [0.717, 1.165) is 67.1 Å². The molecule has 0 atom stereocenters. The molecule has 0 spiro atoms. The third-order valence-corrected chi connectivity index (χ3v) is 5.89. The van der Waals surface area contributed by atoms with Gasteiger partial charge in [-0.3, -0.25) is 4.79 Å². The fourth-order valence-corrected chi connectivity index (χ4v) is 4.16. The van der Waals surface area contributed by atoms with Gasteiger partial charge in [-0.05, 0) is 43.9 Å². The lowest BCUT2D eigenvalue weighted by atomic mass is 9.95. The van der Waals surface area contributed by atoms with Crippen LogP contribution < -0.4 is 4.90 Å². The second-order valence-electron chi connectivity index (χ2n) is 7.90. The first-order valence-electron chi connectivity index (χ1n) is 10.8. The molecule has 1 amide bonds. The summed E-state index contributed by atoms with van der Waals surface area (Å²) in [6.45, 7) is 6.38. The quantitative estimate of drug-likeness (QED) is 0.621. The van der Waals surface area contributed by atoms with Gasteiger partial charge in [0.25, 0.3) is 0 Å². The third-order valence-electron chi connectivity index (χ3n) is 5.89. The number of pyridine rings is 1. The van der Waals surface area contributed by atoms with Gasteiger partial charge in [-0.1, -0.05) is 13.8 Å². The van der Waals surface area contributed by atoms with Crippen molar-refractivity contribution in [3.63, 3.8) is 0 Å². The largest absolute Gasteiger partial charge is 0.467 e. The molecule has 7 nitrogen and oxygen atoms in total. The van der Waals surface area contributed by atoms with Gasteiger partial charge < -0.3 is 14.2 Å². The fraction of sp³-hybridized carbons (Fsp3) is 0.478. The number of hydrogen-bond donors (Lipinski definition) is 0. The van der Waals surface area contributed by atoms with Gasteiger partial charge in [0, 0.05) is 26.1 Å². The molecule has 1 fully saturated rings. The Labute approximate surface area is 177 Å². The molecule has 0 saturated carbocycles. The van der Waals surface area contributed by atoms with E-state index in [1.54, 1.807) is 11.2 Å². The van der Waals surface area contributed by atoms with E-state index in [0.29, 0.717) is 12.2 Å². The smallest absolute Gasteiger partial charge is 0.225 e. The van der Waals surface area contributed by atoms with Crippen molar-refractivity contribution < 1.29 is 9.21 Å². The predicted molar refractivity (Wildman–Crippen MR) is 116 cm³/mol. The van der Waals surface area contributed by atoms with Crippen LogP contribution in [0.4, 0.5) is 5.69 Å². The van der Waals surface area contributed by atoms with Crippen LogP contribution in [0, 0.1) is 5.92 Å². The van der Waals surface area contributed by atoms with E-state index in [1.807, 2.05) is 25.4 Å². The number of rotatable bonds is 6. The standard InChI is InChI=1S/C23H29N5O2/c1-4-19-20(5-2)26-22-21(25-19)13-17(14-24-22)28-10-8-16(9-11-28)23(29)27(3)15-18-7-6-12-30-18/h6-7,12-14,16H,4-5,8-11,15H2,1-3H3. The van der Waals surface area contributed by atoms with E-state index in [1.165, 1.54) is 0 Å². The van der Waals surface area contributed by atoms with Gasteiger partial charge in [-0.25, -0.2) is 15.0 Å². The van der Waals surface area contributed by atoms with Crippen molar-refractivity contribution in [2.75, 3.05) is 25.0 Å². The molecule has 7 heteroatoms. The van der Waals surface area contributed by atoms with Crippen LogP contribution in [0.1, 0.15) is 43.8 Å². The van der Waals surface area contributed by atoms with Crippen molar-refractivity contribution in [3.8, 4) is 0 Å². The Morgan fingerprint density at radius 1 is 1.20 bits per heavy atom. The van der Waals surface area contributed by atoms with Crippen LogP contribution in [0.25, 0.3) is 11.2 Å². The SMILES string of the molecule is CCc1nc2cc(N3CCC(C(=O)N(C)Cc4ccco4)CC3)cnc2nc1CC. The van der Waals surface area contributed by atoms with Gasteiger partial charge >= 0.3 is 0 Å². The normalized spacial score (nSPS) is 15.0. The Morgan fingerprint density at radius 3 is 2.60 bits per heavy atom. The van der Waals surface area contributed by atoms with E-state index in [4.69, 9.17) is 9.40 Å². The molecule has 0 aromatic carbocycles. The Bertz CT molecular complexity index is 1010. The molecule has 3 aromatic rings. The zero-order valence-electron chi connectivity index (χ0n) is 18.0. The van der Waals surface area contributed by atoms with Gasteiger partial charge in [0.05, 0.1) is 36.1 Å². The Hall–Kier alpha value is -2.96. The van der Waals surface area contributed by atoms with Crippen LogP contribution in [0.3, 0.4) is 0 Å². The minimum absolute atomic E-state index is 0.0493. The molecule has 1 saturated heterocycles. The number of nitrogens with zero attached hydrogens (tertiary/aromatic N) is 5. The molecule has 0 unspecified atom stereocenters. The third kappa shape index (κ3) is 4.15. The lowest BCUT2D eigenvalue weighted by molar-refractivity contribution is -0.135. The highest BCUT2D eigenvalue weighted by atomic mass is 16.3. The topological polar surface area (TPSA) is 75.4 Å². The number of carbonyl (C=O) groups is 1. The number of anilines is 1. The number of fused-ring (bicyclic) bond motifs is 1. The van der Waals surface area contributed by atoms with E-state index >= 15 is 0 Å². The molecule has 0 bridgehead atoms. The van der Waals surface area contributed by atoms with E-state index < -0.39 is 0 Å². The van der Waals surface area contributed by atoms with Gasteiger partial charge in [0.1, 0.15) is 11.3 Å². The lowest BCUT2D eigenvalue weighted by Gasteiger charge is -2.34. The number of hydrogen-bond acceptors (Lipinski definition) is 6. The van der Waals surface area contributed by atoms with Crippen molar-refractivity contribution in [3.05, 3.63) is 47.8 Å². The number of aryl methyl sites for hydroxylation is 2. The summed E-state index contributed by atoms with van der Waals surface area (Å²) in [4.78, 5) is 30.9. The van der Waals surface area contributed by atoms with Gasteiger partial charge in [-0.2, -0.15) is 0 Å². The number of piperidine rings is 1. The summed E-state index contributed by atoms with van der Waals surface area (Å²) in [6, 6.07) is 5.83. The zero-order valence-corrected chi connectivity index (χ0v) is 18.0. The summed E-state index contributed by atoms with van der Waals surface area (Å²) in [6.07, 6.45) is 6.93. The van der Waals surface area contributed by atoms with Crippen molar-refractivity contribution in [2.24, 2.45) is 5.92 Å². The molecule has 0 radical (unpaired) electrons. The molecule has 4 rings (SSSR count). The second-order valence-corrected chi connectivity index (χ2v) is 7.90.